The number of hydrogen-bond acceptors (Lipinski definition) is 4. The first kappa shape index (κ1) is 15.2. The maximum Gasteiger partial charge on any atom is 0.435 e. The lowest BCUT2D eigenvalue weighted by Gasteiger charge is -2.20. The van der Waals surface area contributed by atoms with E-state index >= 15 is 0 Å². The Morgan fingerprint density at radius 3 is 2.37 bits per heavy atom. The van der Waals surface area contributed by atoms with E-state index in [0.29, 0.717) is 0 Å². The molecule has 1 amide bonds. The van der Waals surface area contributed by atoms with Crippen LogP contribution in [0, 0.1) is 6.92 Å². The molecule has 0 fully saturated rings. The van der Waals surface area contributed by atoms with Crippen molar-refractivity contribution in [3.8, 4) is 0 Å². The van der Waals surface area contributed by atoms with Crippen LogP contribution >= 0.6 is 0 Å². The van der Waals surface area contributed by atoms with Crippen molar-refractivity contribution in [2.75, 3.05) is 5.32 Å². The summed E-state index contributed by atoms with van der Waals surface area (Å²) < 4.78 is 43.1. The third kappa shape index (κ3) is 4.72. The van der Waals surface area contributed by atoms with E-state index in [2.05, 4.69) is 9.97 Å². The molecule has 1 heterocycles. The van der Waals surface area contributed by atoms with Crippen molar-refractivity contribution in [1.29, 1.82) is 0 Å². The molecule has 0 radical (unpaired) electrons. The Labute approximate surface area is 108 Å². The molecule has 0 unspecified atom stereocenters. The SMILES string of the molecule is Cc1ncc(NC(=O)OC(C)(C)C)c(C(F)(F)F)n1. The molecule has 1 rings (SSSR count). The molecule has 106 valence electrons. The molecule has 0 aliphatic heterocycles. The molecule has 0 aliphatic rings. The van der Waals surface area contributed by atoms with Crippen LogP contribution in [0.2, 0.25) is 0 Å². The molecule has 0 aromatic carbocycles. The number of anilines is 1. The van der Waals surface area contributed by atoms with Gasteiger partial charge in [0.05, 0.1) is 11.9 Å². The van der Waals surface area contributed by atoms with Gasteiger partial charge in [-0.05, 0) is 27.7 Å². The van der Waals surface area contributed by atoms with Gasteiger partial charge in [-0.15, -0.1) is 0 Å². The number of ether oxygens (including phenoxy) is 1. The quantitative estimate of drug-likeness (QED) is 0.856. The Morgan fingerprint density at radius 1 is 1.32 bits per heavy atom. The Bertz CT molecular complexity index is 481. The second-order valence-corrected chi connectivity index (χ2v) is 4.80. The third-order valence-corrected chi connectivity index (χ3v) is 1.81. The fraction of sp³-hybridized carbons (Fsp3) is 0.545. The molecule has 0 atom stereocenters. The topological polar surface area (TPSA) is 64.1 Å². The summed E-state index contributed by atoms with van der Waals surface area (Å²) in [5.41, 5.74) is -2.55. The van der Waals surface area contributed by atoms with Gasteiger partial charge in [0, 0.05) is 0 Å². The van der Waals surface area contributed by atoms with Gasteiger partial charge in [0.1, 0.15) is 11.4 Å². The zero-order valence-corrected chi connectivity index (χ0v) is 10.9. The molecule has 19 heavy (non-hydrogen) atoms. The number of halogens is 3. The van der Waals surface area contributed by atoms with Crippen molar-refractivity contribution in [3.63, 3.8) is 0 Å². The Morgan fingerprint density at radius 2 is 1.89 bits per heavy atom. The lowest BCUT2D eigenvalue weighted by molar-refractivity contribution is -0.140. The summed E-state index contributed by atoms with van der Waals surface area (Å²) >= 11 is 0. The highest BCUT2D eigenvalue weighted by Gasteiger charge is 2.36. The van der Waals surface area contributed by atoms with E-state index in [-0.39, 0.29) is 5.82 Å². The molecule has 0 saturated carbocycles. The number of nitrogens with one attached hydrogen (secondary N) is 1. The second kappa shape index (κ2) is 5.02. The standard InChI is InChI=1S/C11H14F3N3O2/c1-6-15-5-7(8(16-6)11(12,13)14)17-9(18)19-10(2,3)4/h5H,1-4H3,(H,17,18). The second-order valence-electron chi connectivity index (χ2n) is 4.80. The molecule has 8 heteroatoms. The molecule has 0 bridgehead atoms. The van der Waals surface area contributed by atoms with Gasteiger partial charge in [-0.1, -0.05) is 0 Å². The predicted molar refractivity (Wildman–Crippen MR) is 61.6 cm³/mol. The minimum Gasteiger partial charge on any atom is -0.444 e. The van der Waals surface area contributed by atoms with Crippen LogP contribution in [0.4, 0.5) is 23.7 Å². The van der Waals surface area contributed by atoms with Gasteiger partial charge in [-0.3, -0.25) is 5.32 Å². The van der Waals surface area contributed by atoms with Crippen molar-refractivity contribution < 1.29 is 22.7 Å². The van der Waals surface area contributed by atoms with Crippen LogP contribution < -0.4 is 5.32 Å². The highest BCUT2D eigenvalue weighted by Crippen LogP contribution is 2.32. The summed E-state index contributed by atoms with van der Waals surface area (Å²) in [5, 5.41) is 1.99. The van der Waals surface area contributed by atoms with Crippen molar-refractivity contribution in [2.24, 2.45) is 0 Å². The zero-order chi connectivity index (χ0) is 14.8. The summed E-state index contributed by atoms with van der Waals surface area (Å²) in [4.78, 5) is 18.3. The fourth-order valence-electron chi connectivity index (χ4n) is 1.19. The van der Waals surface area contributed by atoms with Crippen LogP contribution in [-0.2, 0) is 10.9 Å². The molecule has 5 nitrogen and oxygen atoms in total. The summed E-state index contributed by atoms with van der Waals surface area (Å²) in [7, 11) is 0. The predicted octanol–water partition coefficient (Wildman–Crippen LogP) is 3.15. The van der Waals surface area contributed by atoms with E-state index in [4.69, 9.17) is 4.74 Å². The van der Waals surface area contributed by atoms with Crippen molar-refractivity contribution in [1.82, 2.24) is 9.97 Å². The van der Waals surface area contributed by atoms with E-state index in [0.717, 1.165) is 6.20 Å². The maximum atomic E-state index is 12.7. The van der Waals surface area contributed by atoms with Crippen LogP contribution in [0.25, 0.3) is 0 Å². The minimum atomic E-state index is -4.68. The highest BCUT2D eigenvalue weighted by atomic mass is 19.4. The highest BCUT2D eigenvalue weighted by molar-refractivity contribution is 5.85. The monoisotopic (exact) mass is 277 g/mol. The summed E-state index contributed by atoms with van der Waals surface area (Å²) in [6.45, 7) is 6.13. The molecular weight excluding hydrogens is 263 g/mol. The van der Waals surface area contributed by atoms with Crippen molar-refractivity contribution >= 4 is 11.8 Å². The van der Waals surface area contributed by atoms with Gasteiger partial charge in [0.25, 0.3) is 0 Å². The minimum absolute atomic E-state index is 0.0398. The first-order chi connectivity index (χ1) is 8.49. The number of aryl methyl sites for hydroxylation is 1. The number of nitrogens with zero attached hydrogens (tertiary/aromatic N) is 2. The largest absolute Gasteiger partial charge is 0.444 e. The molecule has 0 spiro atoms. The molecule has 1 aromatic rings. The smallest absolute Gasteiger partial charge is 0.435 e. The van der Waals surface area contributed by atoms with Crippen LogP contribution in [0.5, 0.6) is 0 Å². The number of alkyl halides is 3. The van der Waals surface area contributed by atoms with Gasteiger partial charge < -0.3 is 4.74 Å². The molecule has 0 saturated heterocycles. The summed E-state index contributed by atoms with van der Waals surface area (Å²) in [6.07, 6.45) is -4.78. The number of hydrogen-bond donors (Lipinski definition) is 1. The molecular formula is C11H14F3N3O2. The van der Waals surface area contributed by atoms with E-state index in [1.54, 1.807) is 20.8 Å². The summed E-state index contributed by atoms with van der Waals surface area (Å²) in [5.74, 6) is -0.0398. The lowest BCUT2D eigenvalue weighted by atomic mass is 10.2. The van der Waals surface area contributed by atoms with Gasteiger partial charge >= 0.3 is 12.3 Å². The number of carbonyl (C=O) groups is 1. The van der Waals surface area contributed by atoms with Crippen LogP contribution in [0.1, 0.15) is 32.3 Å². The van der Waals surface area contributed by atoms with Crippen LogP contribution in [0.3, 0.4) is 0 Å². The van der Waals surface area contributed by atoms with Crippen LogP contribution in [-0.4, -0.2) is 21.7 Å². The van der Waals surface area contributed by atoms with E-state index in [1.807, 2.05) is 5.32 Å². The summed E-state index contributed by atoms with van der Waals surface area (Å²) in [6, 6.07) is 0. The number of rotatable bonds is 1. The van der Waals surface area contributed by atoms with E-state index in [9.17, 15) is 18.0 Å². The fourth-order valence-corrected chi connectivity index (χ4v) is 1.19. The lowest BCUT2D eigenvalue weighted by Crippen LogP contribution is -2.28. The number of carbonyl (C=O) groups excluding carboxylic acids is 1. The first-order valence-corrected chi connectivity index (χ1v) is 5.40. The molecule has 0 aliphatic carbocycles. The Balaban J connectivity index is 2.99. The third-order valence-electron chi connectivity index (χ3n) is 1.81. The maximum absolute atomic E-state index is 12.7. The average Bonchev–Trinajstić information content (AvgIpc) is 2.16. The Kier molecular flexibility index (Phi) is 4.02. The number of aromatic nitrogens is 2. The molecule has 1 aromatic heterocycles. The Hall–Kier alpha value is -1.86. The van der Waals surface area contributed by atoms with Crippen LogP contribution in [0.15, 0.2) is 6.20 Å². The van der Waals surface area contributed by atoms with Crippen molar-refractivity contribution in [2.45, 2.75) is 39.5 Å². The van der Waals surface area contributed by atoms with Gasteiger partial charge in [-0.2, -0.15) is 13.2 Å². The van der Waals surface area contributed by atoms with Crippen molar-refractivity contribution in [3.05, 3.63) is 17.7 Å². The zero-order valence-electron chi connectivity index (χ0n) is 10.9. The average molecular weight is 277 g/mol. The number of amides is 1. The van der Waals surface area contributed by atoms with E-state index in [1.165, 1.54) is 6.92 Å². The first-order valence-electron chi connectivity index (χ1n) is 5.40. The molecule has 1 N–H and O–H groups in total. The normalized spacial score (nSPS) is 12.2. The van der Waals surface area contributed by atoms with Gasteiger partial charge in [-0.25, -0.2) is 14.8 Å². The van der Waals surface area contributed by atoms with Gasteiger partial charge in [0.2, 0.25) is 0 Å². The van der Waals surface area contributed by atoms with E-state index < -0.39 is 29.3 Å². The van der Waals surface area contributed by atoms with Gasteiger partial charge in [0.15, 0.2) is 5.69 Å².